The molecule has 0 spiro atoms. The quantitative estimate of drug-likeness (QED) is 0.466. The van der Waals surface area contributed by atoms with Crippen molar-refractivity contribution in [1.29, 1.82) is 0 Å². The summed E-state index contributed by atoms with van der Waals surface area (Å²) in [5, 5.41) is 0. The molecule has 0 N–H and O–H groups in total. The maximum atomic E-state index is 8.06. The third kappa shape index (κ3) is 29.4. The third-order valence-corrected chi connectivity index (χ3v) is 0. The first-order valence-corrected chi connectivity index (χ1v) is 0.728. The molecule has 4 heavy (non-hydrogen) atoms. The topological polar surface area (TPSA) is 17.1 Å². The van der Waals surface area contributed by atoms with Crippen LogP contribution in [0.25, 0.3) is 0 Å². The zero-order valence-corrected chi connectivity index (χ0v) is 3.01. The number of halogens is 2. The molecule has 0 aliphatic rings. The van der Waals surface area contributed by atoms with E-state index in [4.69, 9.17) is 3.25 Å². The molecule has 1 nitrogen and oxygen atoms in total. The molecule has 0 amide bonds. The Kier molecular flexibility index (Phi) is 793. The molecule has 0 aromatic heterocycles. The van der Waals surface area contributed by atoms with Crippen LogP contribution in [0.2, 0.25) is 0 Å². The zero-order chi connectivity index (χ0) is 2.00. The molecule has 33 valence electrons. The molecule has 0 bridgehead atoms. The Bertz CT molecular complexity index is 6.00. The van der Waals surface area contributed by atoms with Gasteiger partial charge in [0.05, 0.1) is 0 Å². The van der Waals surface area contributed by atoms with Gasteiger partial charge in [-0.25, -0.2) is 0 Å². The van der Waals surface area contributed by atoms with Crippen LogP contribution >= 0.6 is 0 Å². The molecule has 0 aromatic carbocycles. The zero-order valence-electron chi connectivity index (χ0n) is 1.53. The van der Waals surface area contributed by atoms with E-state index in [1.165, 1.54) is 0 Å². The van der Waals surface area contributed by atoms with Crippen molar-refractivity contribution >= 4 is 0 Å². The molecule has 0 heterocycles. The van der Waals surface area contributed by atoms with Crippen LogP contribution in [0.15, 0.2) is 0 Å². The summed E-state index contributed by atoms with van der Waals surface area (Å²) in [4.78, 5) is 0. The Morgan fingerprint density at radius 1 is 1.00 bits per heavy atom. The standard InChI is InChI=1S/Ag.2FH.O/h;2*1H;. The second-order valence-electron chi connectivity index (χ2n) is 0. The second kappa shape index (κ2) is 122. The van der Waals surface area contributed by atoms with E-state index in [9.17, 15) is 0 Å². The van der Waals surface area contributed by atoms with Crippen molar-refractivity contribution in [1.82, 2.24) is 0 Å². The van der Waals surface area contributed by atoms with Gasteiger partial charge in [-0.3, -0.25) is 9.41 Å². The Morgan fingerprint density at radius 3 is 1.00 bits per heavy atom. The van der Waals surface area contributed by atoms with Gasteiger partial charge in [-0.1, -0.05) is 0 Å². The number of rotatable bonds is 0. The summed E-state index contributed by atoms with van der Waals surface area (Å²) >= 11 is 1.70. The van der Waals surface area contributed by atoms with Crippen molar-refractivity contribution in [2.75, 3.05) is 0 Å². The summed E-state index contributed by atoms with van der Waals surface area (Å²) in [6.07, 6.45) is 0. The predicted octanol–water partition coefficient (Wildman–Crippen LogP) is 0.184. The molecular formula is H2AgF2O. The molecule has 0 unspecified atom stereocenters. The van der Waals surface area contributed by atoms with E-state index in [2.05, 4.69) is 0 Å². The van der Waals surface area contributed by atoms with Crippen molar-refractivity contribution in [3.63, 3.8) is 0 Å². The van der Waals surface area contributed by atoms with E-state index in [-0.39, 0.29) is 9.41 Å². The molecule has 0 rings (SSSR count). The van der Waals surface area contributed by atoms with E-state index in [0.717, 1.165) is 0 Å². The Labute approximate surface area is 34.4 Å². The van der Waals surface area contributed by atoms with Gasteiger partial charge in [0, 0.05) is 0 Å². The van der Waals surface area contributed by atoms with Gasteiger partial charge in [-0.2, -0.15) is 0 Å². The molecule has 0 atom stereocenters. The van der Waals surface area contributed by atoms with Gasteiger partial charge >= 0.3 is 24.3 Å². The molecule has 0 aliphatic carbocycles. The fraction of sp³-hybridized carbons (Fsp3) is 0. The van der Waals surface area contributed by atoms with Crippen LogP contribution in [0.1, 0.15) is 0 Å². The minimum atomic E-state index is 0. The molecule has 4 heteroatoms. The van der Waals surface area contributed by atoms with Crippen molar-refractivity contribution < 1.29 is 33.7 Å². The van der Waals surface area contributed by atoms with Crippen LogP contribution in [0.3, 0.4) is 0 Å². The number of hydrogen-bond donors (Lipinski definition) is 0. The van der Waals surface area contributed by atoms with Crippen molar-refractivity contribution in [3.05, 3.63) is 0 Å². The summed E-state index contributed by atoms with van der Waals surface area (Å²) in [6, 6.07) is 0. The van der Waals surface area contributed by atoms with Crippen LogP contribution in [0.4, 0.5) is 9.41 Å². The fourth-order valence-electron chi connectivity index (χ4n) is 0. The summed E-state index contributed by atoms with van der Waals surface area (Å²) < 4.78 is 8.06. The summed E-state index contributed by atoms with van der Waals surface area (Å²) in [6.45, 7) is 0. The van der Waals surface area contributed by atoms with Crippen LogP contribution in [-0.4, -0.2) is 0 Å². The molecule has 0 fully saturated rings. The predicted molar refractivity (Wildman–Crippen MR) is 5.69 cm³/mol. The molecule has 0 saturated carbocycles. The van der Waals surface area contributed by atoms with Gasteiger partial charge in [0.25, 0.3) is 0 Å². The molecule has 0 saturated heterocycles. The summed E-state index contributed by atoms with van der Waals surface area (Å²) in [5.74, 6) is 0. The van der Waals surface area contributed by atoms with Crippen molar-refractivity contribution in [2.45, 2.75) is 0 Å². The van der Waals surface area contributed by atoms with Crippen LogP contribution in [0.5, 0.6) is 0 Å². The van der Waals surface area contributed by atoms with Crippen molar-refractivity contribution in [2.24, 2.45) is 0 Å². The van der Waals surface area contributed by atoms with Gasteiger partial charge in [-0.05, 0) is 0 Å². The molecular weight excluding hydrogens is 162 g/mol. The van der Waals surface area contributed by atoms with Gasteiger partial charge in [0.2, 0.25) is 0 Å². The summed E-state index contributed by atoms with van der Waals surface area (Å²) in [7, 11) is 0. The van der Waals surface area contributed by atoms with Crippen LogP contribution < -0.4 is 0 Å². The first kappa shape index (κ1) is 25.9. The van der Waals surface area contributed by atoms with Crippen LogP contribution in [0, 0.1) is 0 Å². The van der Waals surface area contributed by atoms with Gasteiger partial charge in [-0.15, -0.1) is 0 Å². The van der Waals surface area contributed by atoms with Crippen LogP contribution in [-0.2, 0) is 24.3 Å². The molecule has 0 radical (unpaired) electrons. The van der Waals surface area contributed by atoms with Gasteiger partial charge in [0.15, 0.2) is 0 Å². The van der Waals surface area contributed by atoms with E-state index in [1.54, 1.807) is 21.0 Å². The second-order valence-corrected chi connectivity index (χ2v) is 0. The third-order valence-electron chi connectivity index (χ3n) is 0. The van der Waals surface area contributed by atoms with E-state index in [0.29, 0.717) is 0 Å². The Morgan fingerprint density at radius 2 is 1.00 bits per heavy atom. The molecule has 0 aromatic rings. The first-order chi connectivity index (χ1) is 1.00. The normalized spacial score (nSPS) is 1.50. The number of hydrogen-bond acceptors (Lipinski definition) is 1. The SMILES string of the molecule is F.F.[O]=[Ag]. The van der Waals surface area contributed by atoms with Gasteiger partial charge in [0.1, 0.15) is 0 Å². The average molecular weight is 164 g/mol. The summed E-state index contributed by atoms with van der Waals surface area (Å²) in [5.41, 5.74) is 0. The Balaban J connectivity index is -0.00000000500. The monoisotopic (exact) mass is 163 g/mol. The maximum absolute atomic E-state index is 8.06. The van der Waals surface area contributed by atoms with Crippen molar-refractivity contribution in [3.8, 4) is 0 Å². The Hall–Kier alpha value is 0.400. The average Bonchev–Trinajstić information content (AvgIpc) is 1.00. The van der Waals surface area contributed by atoms with Gasteiger partial charge < -0.3 is 0 Å². The fourth-order valence-corrected chi connectivity index (χ4v) is 0. The minimum absolute atomic E-state index is 0. The van der Waals surface area contributed by atoms with E-state index >= 15 is 0 Å². The first-order valence-electron chi connectivity index (χ1n) is 0.123. The van der Waals surface area contributed by atoms with E-state index < -0.39 is 0 Å². The van der Waals surface area contributed by atoms with E-state index in [1.807, 2.05) is 0 Å². The molecule has 0 aliphatic heterocycles.